The lowest BCUT2D eigenvalue weighted by Gasteiger charge is -2.17. The van der Waals surface area contributed by atoms with Crippen molar-refractivity contribution in [1.29, 1.82) is 0 Å². The van der Waals surface area contributed by atoms with Gasteiger partial charge in [0, 0.05) is 6.54 Å². The van der Waals surface area contributed by atoms with Crippen molar-refractivity contribution in [1.82, 2.24) is 5.32 Å². The van der Waals surface area contributed by atoms with Crippen molar-refractivity contribution in [3.05, 3.63) is 34.9 Å². The standard InChI is InChI=1S/C12H14ClNO2/c13-6-12(15)14-7-9-1-2-10-3-4-16-8-11(10)5-9/h1-2,5H,3-4,6-8H2,(H,14,15). The van der Waals surface area contributed by atoms with E-state index in [1.807, 2.05) is 6.07 Å². The Balaban J connectivity index is 2.03. The van der Waals surface area contributed by atoms with Crippen molar-refractivity contribution in [3.63, 3.8) is 0 Å². The van der Waals surface area contributed by atoms with Gasteiger partial charge in [0.1, 0.15) is 5.88 Å². The molecule has 0 radical (unpaired) electrons. The Kier molecular flexibility index (Phi) is 3.80. The molecule has 0 unspecified atom stereocenters. The number of hydrogen-bond acceptors (Lipinski definition) is 2. The van der Waals surface area contributed by atoms with E-state index in [1.165, 1.54) is 11.1 Å². The molecule has 4 heteroatoms. The second kappa shape index (κ2) is 5.32. The SMILES string of the molecule is O=C(CCl)NCc1ccc2c(c1)COCC2. The summed E-state index contributed by atoms with van der Waals surface area (Å²) in [6.07, 6.45) is 0.976. The summed E-state index contributed by atoms with van der Waals surface area (Å²) in [7, 11) is 0. The lowest BCUT2D eigenvalue weighted by molar-refractivity contribution is -0.118. The van der Waals surface area contributed by atoms with Crippen LogP contribution in [0.5, 0.6) is 0 Å². The number of halogens is 1. The van der Waals surface area contributed by atoms with Gasteiger partial charge >= 0.3 is 0 Å². The number of amides is 1. The minimum absolute atomic E-state index is 0.00799. The van der Waals surface area contributed by atoms with Crippen LogP contribution in [0.1, 0.15) is 16.7 Å². The molecule has 0 fully saturated rings. The van der Waals surface area contributed by atoms with E-state index < -0.39 is 0 Å². The molecule has 1 N–H and O–H groups in total. The Hall–Kier alpha value is -1.06. The molecule has 1 amide bonds. The highest BCUT2D eigenvalue weighted by Gasteiger charge is 2.09. The summed E-state index contributed by atoms with van der Waals surface area (Å²) in [6.45, 7) is 2.00. The first-order chi connectivity index (χ1) is 7.79. The number of alkyl halides is 1. The van der Waals surface area contributed by atoms with Crippen LogP contribution in [0.15, 0.2) is 18.2 Å². The molecule has 1 aromatic carbocycles. The zero-order valence-electron chi connectivity index (χ0n) is 8.96. The molecule has 0 aliphatic carbocycles. The predicted octanol–water partition coefficient (Wildman–Crippen LogP) is 1.61. The molecule has 1 aromatic rings. The lowest BCUT2D eigenvalue weighted by Crippen LogP contribution is -2.24. The summed E-state index contributed by atoms with van der Waals surface area (Å²) in [5.41, 5.74) is 3.66. The van der Waals surface area contributed by atoms with Gasteiger partial charge < -0.3 is 10.1 Å². The van der Waals surface area contributed by atoms with Gasteiger partial charge in [-0.1, -0.05) is 18.2 Å². The van der Waals surface area contributed by atoms with Crippen LogP contribution in [0.2, 0.25) is 0 Å². The highest BCUT2D eigenvalue weighted by atomic mass is 35.5. The largest absolute Gasteiger partial charge is 0.376 e. The Morgan fingerprint density at radius 1 is 1.44 bits per heavy atom. The quantitative estimate of drug-likeness (QED) is 0.814. The van der Waals surface area contributed by atoms with Crippen LogP contribution in [0.3, 0.4) is 0 Å². The normalized spacial score (nSPS) is 14.3. The first-order valence-corrected chi connectivity index (χ1v) is 5.84. The van der Waals surface area contributed by atoms with Crippen LogP contribution in [0.25, 0.3) is 0 Å². The Labute approximate surface area is 99.7 Å². The van der Waals surface area contributed by atoms with Crippen molar-refractivity contribution in [2.24, 2.45) is 0 Å². The number of nitrogens with one attached hydrogen (secondary N) is 1. The van der Waals surface area contributed by atoms with Crippen LogP contribution in [-0.4, -0.2) is 18.4 Å². The van der Waals surface area contributed by atoms with E-state index in [0.29, 0.717) is 13.2 Å². The number of hydrogen-bond donors (Lipinski definition) is 1. The molecule has 2 rings (SSSR count). The second-order valence-electron chi connectivity index (χ2n) is 3.82. The summed E-state index contributed by atoms with van der Waals surface area (Å²) < 4.78 is 5.39. The van der Waals surface area contributed by atoms with Gasteiger partial charge in [-0.2, -0.15) is 0 Å². The van der Waals surface area contributed by atoms with E-state index in [2.05, 4.69) is 17.4 Å². The molecular weight excluding hydrogens is 226 g/mol. The number of fused-ring (bicyclic) bond motifs is 1. The first-order valence-electron chi connectivity index (χ1n) is 5.30. The Bertz CT molecular complexity index is 393. The highest BCUT2D eigenvalue weighted by molar-refractivity contribution is 6.27. The Morgan fingerprint density at radius 2 is 2.31 bits per heavy atom. The summed E-state index contributed by atoms with van der Waals surface area (Å²) in [6, 6.07) is 6.24. The molecule has 16 heavy (non-hydrogen) atoms. The van der Waals surface area contributed by atoms with E-state index in [1.54, 1.807) is 0 Å². The number of benzene rings is 1. The third-order valence-electron chi connectivity index (χ3n) is 2.66. The number of carbonyl (C=O) groups excluding carboxylic acids is 1. The van der Waals surface area contributed by atoms with Crippen LogP contribution in [0, 0.1) is 0 Å². The van der Waals surface area contributed by atoms with E-state index in [9.17, 15) is 4.79 Å². The van der Waals surface area contributed by atoms with E-state index >= 15 is 0 Å². The Morgan fingerprint density at radius 3 is 3.12 bits per heavy atom. The van der Waals surface area contributed by atoms with Crippen LogP contribution < -0.4 is 5.32 Å². The maximum Gasteiger partial charge on any atom is 0.235 e. The van der Waals surface area contributed by atoms with Crippen molar-refractivity contribution in [2.75, 3.05) is 12.5 Å². The van der Waals surface area contributed by atoms with Gasteiger partial charge in [0.05, 0.1) is 13.2 Å². The van der Waals surface area contributed by atoms with Crippen molar-refractivity contribution in [3.8, 4) is 0 Å². The number of rotatable bonds is 3. The van der Waals surface area contributed by atoms with Gasteiger partial charge in [-0.25, -0.2) is 0 Å². The van der Waals surface area contributed by atoms with Gasteiger partial charge in [0.25, 0.3) is 0 Å². The third kappa shape index (κ3) is 2.74. The third-order valence-corrected chi connectivity index (χ3v) is 2.90. The fraction of sp³-hybridized carbons (Fsp3) is 0.417. The van der Waals surface area contributed by atoms with Gasteiger partial charge in [-0.3, -0.25) is 4.79 Å². The maximum atomic E-state index is 11.0. The van der Waals surface area contributed by atoms with Gasteiger partial charge in [0.15, 0.2) is 0 Å². The highest BCUT2D eigenvalue weighted by Crippen LogP contribution is 2.18. The molecule has 0 spiro atoms. The molecule has 86 valence electrons. The van der Waals surface area contributed by atoms with Crippen molar-refractivity contribution in [2.45, 2.75) is 19.6 Å². The molecule has 1 heterocycles. The van der Waals surface area contributed by atoms with Gasteiger partial charge in [0.2, 0.25) is 5.91 Å². The van der Waals surface area contributed by atoms with E-state index in [-0.39, 0.29) is 11.8 Å². The summed E-state index contributed by atoms with van der Waals surface area (Å²) in [5.74, 6) is -0.135. The summed E-state index contributed by atoms with van der Waals surface area (Å²) in [4.78, 5) is 11.0. The zero-order chi connectivity index (χ0) is 11.4. The van der Waals surface area contributed by atoms with Crippen LogP contribution in [0.4, 0.5) is 0 Å². The molecule has 1 aliphatic rings. The molecule has 3 nitrogen and oxygen atoms in total. The van der Waals surface area contributed by atoms with Crippen LogP contribution >= 0.6 is 11.6 Å². The van der Waals surface area contributed by atoms with Gasteiger partial charge in [-0.05, 0) is 23.1 Å². The zero-order valence-corrected chi connectivity index (χ0v) is 9.72. The average molecular weight is 240 g/mol. The topological polar surface area (TPSA) is 38.3 Å². The van der Waals surface area contributed by atoms with E-state index in [4.69, 9.17) is 16.3 Å². The van der Waals surface area contributed by atoms with Crippen LogP contribution in [-0.2, 0) is 29.1 Å². The second-order valence-corrected chi connectivity index (χ2v) is 4.08. The number of ether oxygens (including phenoxy) is 1. The molecule has 0 saturated heterocycles. The molecule has 0 bridgehead atoms. The average Bonchev–Trinajstić information content (AvgIpc) is 2.35. The minimum atomic E-state index is -0.143. The number of carbonyl (C=O) groups is 1. The first kappa shape index (κ1) is 11.4. The smallest absolute Gasteiger partial charge is 0.235 e. The fourth-order valence-corrected chi connectivity index (χ4v) is 1.87. The predicted molar refractivity (Wildman–Crippen MR) is 62.4 cm³/mol. The molecule has 0 saturated carbocycles. The maximum absolute atomic E-state index is 11.0. The van der Waals surface area contributed by atoms with Crippen molar-refractivity contribution < 1.29 is 9.53 Å². The molecular formula is C12H14ClNO2. The monoisotopic (exact) mass is 239 g/mol. The summed E-state index contributed by atoms with van der Waals surface area (Å²) in [5, 5.41) is 2.74. The van der Waals surface area contributed by atoms with Crippen molar-refractivity contribution >= 4 is 17.5 Å². The lowest BCUT2D eigenvalue weighted by atomic mass is 10.0. The molecule has 1 aliphatic heterocycles. The summed E-state index contributed by atoms with van der Waals surface area (Å²) >= 11 is 5.40. The van der Waals surface area contributed by atoms with Gasteiger partial charge in [-0.15, -0.1) is 11.6 Å². The molecule has 0 atom stereocenters. The fourth-order valence-electron chi connectivity index (χ4n) is 1.78. The minimum Gasteiger partial charge on any atom is -0.376 e. The van der Waals surface area contributed by atoms with E-state index in [0.717, 1.165) is 18.6 Å². The molecule has 0 aromatic heterocycles.